The first-order valence-corrected chi connectivity index (χ1v) is 6.63. The number of likely N-dealkylation sites (N-methyl/N-ethyl adjacent to an activating group) is 1. The van der Waals surface area contributed by atoms with Crippen LogP contribution in [-0.2, 0) is 4.79 Å². The molecule has 2 heterocycles. The van der Waals surface area contributed by atoms with E-state index in [1.165, 1.54) is 10.1 Å². The molecule has 1 aliphatic rings. The van der Waals surface area contributed by atoms with E-state index in [0.29, 0.717) is 0 Å². The highest BCUT2D eigenvalue weighted by atomic mass is 32.1. The summed E-state index contributed by atoms with van der Waals surface area (Å²) in [5, 5.41) is 6.35. The summed E-state index contributed by atoms with van der Waals surface area (Å²) in [7, 11) is 1.84. The lowest BCUT2D eigenvalue weighted by molar-refractivity contribution is -0.118. The standard InChI is InChI=1S/C13H14N2OS/c1-14-11-4-6-15(13(11)16)10-2-3-12-9(8-10)5-7-17-12/h2-3,5,7-8,11,14H,4,6H2,1H3. The lowest BCUT2D eigenvalue weighted by atomic mass is 10.2. The summed E-state index contributed by atoms with van der Waals surface area (Å²) in [6.07, 6.45) is 0.886. The lowest BCUT2D eigenvalue weighted by Gasteiger charge is -2.16. The van der Waals surface area contributed by atoms with E-state index in [4.69, 9.17) is 0 Å². The van der Waals surface area contributed by atoms with E-state index in [9.17, 15) is 4.79 Å². The molecule has 1 atom stereocenters. The van der Waals surface area contributed by atoms with Crippen LogP contribution in [0, 0.1) is 0 Å². The second kappa shape index (κ2) is 4.13. The molecule has 1 fully saturated rings. The van der Waals surface area contributed by atoms with Gasteiger partial charge in [-0.15, -0.1) is 11.3 Å². The lowest BCUT2D eigenvalue weighted by Crippen LogP contribution is -2.36. The van der Waals surface area contributed by atoms with Crippen LogP contribution in [0.2, 0.25) is 0 Å². The molecule has 1 amide bonds. The first-order chi connectivity index (χ1) is 8.29. The van der Waals surface area contributed by atoms with Gasteiger partial charge in [0.25, 0.3) is 0 Å². The number of benzene rings is 1. The van der Waals surface area contributed by atoms with Crippen molar-refractivity contribution in [1.82, 2.24) is 5.32 Å². The second-order valence-corrected chi connectivity index (χ2v) is 5.21. The Kier molecular flexibility index (Phi) is 2.61. The summed E-state index contributed by atoms with van der Waals surface area (Å²) >= 11 is 1.73. The van der Waals surface area contributed by atoms with Gasteiger partial charge in [0.1, 0.15) is 0 Å². The van der Waals surface area contributed by atoms with Gasteiger partial charge in [0.05, 0.1) is 6.04 Å². The number of carbonyl (C=O) groups excluding carboxylic acids is 1. The average Bonchev–Trinajstić information content (AvgIpc) is 2.94. The molecule has 2 aromatic rings. The van der Waals surface area contributed by atoms with E-state index in [1.54, 1.807) is 11.3 Å². The summed E-state index contributed by atoms with van der Waals surface area (Å²) < 4.78 is 1.27. The molecule has 17 heavy (non-hydrogen) atoms. The van der Waals surface area contributed by atoms with E-state index in [2.05, 4.69) is 28.9 Å². The Morgan fingerprint density at radius 2 is 2.29 bits per heavy atom. The molecule has 88 valence electrons. The van der Waals surface area contributed by atoms with Gasteiger partial charge in [-0.25, -0.2) is 0 Å². The molecule has 1 aromatic heterocycles. The van der Waals surface area contributed by atoms with Crippen molar-refractivity contribution in [3.05, 3.63) is 29.6 Å². The molecule has 4 heteroatoms. The number of carbonyl (C=O) groups is 1. The zero-order valence-electron chi connectivity index (χ0n) is 9.64. The van der Waals surface area contributed by atoms with Gasteiger partial charge >= 0.3 is 0 Å². The van der Waals surface area contributed by atoms with Crippen LogP contribution in [0.25, 0.3) is 10.1 Å². The van der Waals surface area contributed by atoms with Crippen molar-refractivity contribution in [2.75, 3.05) is 18.5 Å². The molecule has 0 radical (unpaired) electrons. The fraction of sp³-hybridized carbons (Fsp3) is 0.308. The smallest absolute Gasteiger partial charge is 0.244 e. The van der Waals surface area contributed by atoms with Crippen LogP contribution in [-0.4, -0.2) is 25.5 Å². The zero-order valence-corrected chi connectivity index (χ0v) is 10.5. The van der Waals surface area contributed by atoms with Crippen LogP contribution in [0.15, 0.2) is 29.6 Å². The van der Waals surface area contributed by atoms with Crippen molar-refractivity contribution in [3.63, 3.8) is 0 Å². The minimum absolute atomic E-state index is 0.0202. The number of hydrogen-bond acceptors (Lipinski definition) is 3. The monoisotopic (exact) mass is 246 g/mol. The minimum Gasteiger partial charge on any atom is -0.311 e. The van der Waals surface area contributed by atoms with E-state index in [1.807, 2.05) is 18.0 Å². The summed E-state index contributed by atoms with van der Waals surface area (Å²) in [4.78, 5) is 14.0. The molecule has 0 aliphatic carbocycles. The maximum Gasteiger partial charge on any atom is 0.244 e. The van der Waals surface area contributed by atoms with Crippen molar-refractivity contribution in [3.8, 4) is 0 Å². The van der Waals surface area contributed by atoms with Crippen LogP contribution in [0.4, 0.5) is 5.69 Å². The van der Waals surface area contributed by atoms with E-state index >= 15 is 0 Å². The largest absolute Gasteiger partial charge is 0.311 e. The summed E-state index contributed by atoms with van der Waals surface area (Å²) in [6, 6.07) is 8.30. The molecule has 1 saturated heterocycles. The molecule has 0 saturated carbocycles. The van der Waals surface area contributed by atoms with E-state index in [0.717, 1.165) is 18.7 Å². The molecular weight excluding hydrogens is 232 g/mol. The van der Waals surface area contributed by atoms with Gasteiger partial charge < -0.3 is 10.2 Å². The minimum atomic E-state index is -0.0202. The maximum atomic E-state index is 12.1. The van der Waals surface area contributed by atoms with Crippen molar-refractivity contribution in [1.29, 1.82) is 0 Å². The maximum absolute atomic E-state index is 12.1. The highest BCUT2D eigenvalue weighted by Crippen LogP contribution is 2.28. The van der Waals surface area contributed by atoms with Gasteiger partial charge in [0.15, 0.2) is 0 Å². The third kappa shape index (κ3) is 1.73. The van der Waals surface area contributed by atoms with Gasteiger partial charge in [-0.05, 0) is 48.5 Å². The molecule has 3 rings (SSSR count). The predicted octanol–water partition coefficient (Wildman–Crippen LogP) is 2.23. The van der Waals surface area contributed by atoms with Crippen LogP contribution in [0.5, 0.6) is 0 Å². The summed E-state index contributed by atoms with van der Waals surface area (Å²) in [5.41, 5.74) is 1.01. The van der Waals surface area contributed by atoms with Crippen LogP contribution >= 0.6 is 11.3 Å². The number of rotatable bonds is 2. The van der Waals surface area contributed by atoms with Crippen molar-refractivity contribution in [2.24, 2.45) is 0 Å². The number of fused-ring (bicyclic) bond motifs is 1. The molecule has 1 aliphatic heterocycles. The van der Waals surface area contributed by atoms with Gasteiger partial charge in [-0.3, -0.25) is 4.79 Å². The fourth-order valence-corrected chi connectivity index (χ4v) is 3.10. The third-order valence-electron chi connectivity index (χ3n) is 3.30. The Balaban J connectivity index is 1.96. The van der Waals surface area contributed by atoms with Gasteiger partial charge in [-0.1, -0.05) is 0 Å². The number of amides is 1. The number of hydrogen-bond donors (Lipinski definition) is 1. The van der Waals surface area contributed by atoms with E-state index in [-0.39, 0.29) is 11.9 Å². The third-order valence-corrected chi connectivity index (χ3v) is 4.20. The number of nitrogens with one attached hydrogen (secondary N) is 1. The Bertz CT molecular complexity index is 563. The Morgan fingerprint density at radius 3 is 3.06 bits per heavy atom. The van der Waals surface area contributed by atoms with Gasteiger partial charge in [-0.2, -0.15) is 0 Å². The van der Waals surface area contributed by atoms with Crippen LogP contribution in [0.3, 0.4) is 0 Å². The predicted molar refractivity (Wildman–Crippen MR) is 71.6 cm³/mol. The quantitative estimate of drug-likeness (QED) is 0.881. The summed E-state index contributed by atoms with van der Waals surface area (Å²) in [6.45, 7) is 0.806. The Morgan fingerprint density at radius 1 is 1.41 bits per heavy atom. The average molecular weight is 246 g/mol. The number of nitrogens with zero attached hydrogens (tertiary/aromatic N) is 1. The van der Waals surface area contributed by atoms with Crippen molar-refractivity contribution >= 4 is 33.0 Å². The molecule has 0 bridgehead atoms. The molecule has 1 aromatic carbocycles. The van der Waals surface area contributed by atoms with Crippen LogP contribution in [0.1, 0.15) is 6.42 Å². The first-order valence-electron chi connectivity index (χ1n) is 5.75. The SMILES string of the molecule is CNC1CCN(c2ccc3sccc3c2)C1=O. The zero-order chi connectivity index (χ0) is 11.8. The molecule has 3 nitrogen and oxygen atoms in total. The highest BCUT2D eigenvalue weighted by molar-refractivity contribution is 7.17. The highest BCUT2D eigenvalue weighted by Gasteiger charge is 2.31. The summed E-state index contributed by atoms with van der Waals surface area (Å²) in [5.74, 6) is 0.182. The van der Waals surface area contributed by atoms with Crippen LogP contribution < -0.4 is 10.2 Å². The first kappa shape index (κ1) is 10.7. The molecule has 1 N–H and O–H groups in total. The van der Waals surface area contributed by atoms with Crippen molar-refractivity contribution < 1.29 is 4.79 Å². The Hall–Kier alpha value is -1.39. The molecule has 0 spiro atoms. The normalized spacial score (nSPS) is 20.4. The van der Waals surface area contributed by atoms with Crippen molar-refractivity contribution in [2.45, 2.75) is 12.5 Å². The van der Waals surface area contributed by atoms with E-state index < -0.39 is 0 Å². The van der Waals surface area contributed by atoms with Gasteiger partial charge in [0.2, 0.25) is 5.91 Å². The topological polar surface area (TPSA) is 32.3 Å². The number of anilines is 1. The van der Waals surface area contributed by atoms with Gasteiger partial charge in [0, 0.05) is 16.9 Å². The molecule has 1 unspecified atom stereocenters. The number of thiophene rings is 1. The molecular formula is C13H14N2OS. The Labute approximate surface area is 104 Å². The second-order valence-electron chi connectivity index (χ2n) is 4.26. The fourth-order valence-electron chi connectivity index (χ4n) is 2.33.